The van der Waals surface area contributed by atoms with Gasteiger partial charge < -0.3 is 14.8 Å². The highest BCUT2D eigenvalue weighted by Crippen LogP contribution is 2.17. The van der Waals surface area contributed by atoms with E-state index in [9.17, 15) is 14.4 Å². The van der Waals surface area contributed by atoms with Gasteiger partial charge in [-0.2, -0.15) is 0 Å². The first-order valence-corrected chi connectivity index (χ1v) is 8.70. The maximum absolute atomic E-state index is 12.9. The molecule has 0 aliphatic rings. The van der Waals surface area contributed by atoms with Gasteiger partial charge in [-0.05, 0) is 23.8 Å². The summed E-state index contributed by atoms with van der Waals surface area (Å²) in [7, 11) is 2.40. The topological polar surface area (TPSA) is 99.5 Å². The summed E-state index contributed by atoms with van der Waals surface area (Å²) in [4.78, 5) is 40.7. The highest BCUT2D eigenvalue weighted by molar-refractivity contribution is 5.99. The fourth-order valence-electron chi connectivity index (χ4n) is 2.72. The average Bonchev–Trinajstić information content (AvgIpc) is 2.75. The van der Waals surface area contributed by atoms with Gasteiger partial charge >= 0.3 is 11.9 Å². The molecule has 0 bridgehead atoms. The first-order chi connectivity index (χ1) is 14.0. The molecule has 8 nitrogen and oxygen atoms in total. The number of methoxy groups -OCH3 is 2. The van der Waals surface area contributed by atoms with Crippen molar-refractivity contribution in [2.24, 2.45) is 0 Å². The van der Waals surface area contributed by atoms with Gasteiger partial charge in [0.2, 0.25) is 0 Å². The van der Waals surface area contributed by atoms with Crippen molar-refractivity contribution >= 4 is 28.5 Å². The monoisotopic (exact) mass is 393 g/mol. The summed E-state index contributed by atoms with van der Waals surface area (Å²) in [5.41, 5.74) is 1.57. The largest absolute Gasteiger partial charge is 0.466 e. The molecule has 0 saturated heterocycles. The second kappa shape index (κ2) is 8.83. The van der Waals surface area contributed by atoms with Crippen molar-refractivity contribution in [3.05, 3.63) is 82.5 Å². The van der Waals surface area contributed by atoms with E-state index in [-0.39, 0.29) is 11.3 Å². The first kappa shape index (κ1) is 19.8. The van der Waals surface area contributed by atoms with Gasteiger partial charge in [0, 0.05) is 5.69 Å². The molecular weight excluding hydrogens is 374 g/mol. The Balaban J connectivity index is 1.97. The maximum Gasteiger partial charge on any atom is 0.354 e. The molecule has 0 radical (unpaired) electrons. The van der Waals surface area contributed by atoms with Gasteiger partial charge in [-0.25, -0.2) is 14.6 Å². The van der Waals surface area contributed by atoms with E-state index in [4.69, 9.17) is 0 Å². The fourth-order valence-corrected chi connectivity index (χ4v) is 2.72. The molecule has 29 heavy (non-hydrogen) atoms. The lowest BCUT2D eigenvalue weighted by molar-refractivity contribution is -0.138. The fraction of sp³-hybridized carbons (Fsp3) is 0.143. The van der Waals surface area contributed by atoms with Gasteiger partial charge in [-0.1, -0.05) is 30.3 Å². The lowest BCUT2D eigenvalue weighted by Crippen LogP contribution is -2.21. The predicted octanol–water partition coefficient (Wildman–Crippen LogP) is 2.09. The molecular formula is C21H19N3O5. The van der Waals surface area contributed by atoms with Crippen molar-refractivity contribution in [3.63, 3.8) is 0 Å². The van der Waals surface area contributed by atoms with Crippen LogP contribution in [-0.2, 0) is 25.6 Å². The van der Waals surface area contributed by atoms with Gasteiger partial charge in [-0.15, -0.1) is 0 Å². The number of nitrogens with zero attached hydrogens (tertiary/aromatic N) is 2. The third kappa shape index (κ3) is 4.67. The van der Waals surface area contributed by atoms with E-state index in [2.05, 4.69) is 19.8 Å². The molecule has 0 amide bonds. The van der Waals surface area contributed by atoms with Gasteiger partial charge in [0.15, 0.2) is 0 Å². The number of ether oxygens (including phenoxy) is 2. The number of benzene rings is 2. The lowest BCUT2D eigenvalue weighted by Gasteiger charge is -2.11. The summed E-state index contributed by atoms with van der Waals surface area (Å²) in [5.74, 6) is -1.46. The standard InChI is InChI=1S/C21H19N3O5/c1-28-19(25)11-18(21(27)29-2)23-15-8-9-17-16(10-15)20(26)24(13-22-17)12-14-6-4-3-5-7-14/h3-11,13,23H,12H2,1-2H3/b18-11+. The number of rotatable bonds is 6. The Morgan fingerprint density at radius 1 is 1.10 bits per heavy atom. The van der Waals surface area contributed by atoms with Crippen molar-refractivity contribution in [1.82, 2.24) is 9.55 Å². The van der Waals surface area contributed by atoms with Crippen LogP contribution in [-0.4, -0.2) is 35.7 Å². The Hall–Kier alpha value is -3.94. The van der Waals surface area contributed by atoms with Crippen LogP contribution in [0.4, 0.5) is 5.69 Å². The van der Waals surface area contributed by atoms with Crippen molar-refractivity contribution in [2.45, 2.75) is 6.54 Å². The van der Waals surface area contributed by atoms with Gasteiger partial charge in [0.1, 0.15) is 5.70 Å². The Bertz CT molecular complexity index is 1140. The summed E-state index contributed by atoms with van der Waals surface area (Å²) in [6.45, 7) is 0.385. The summed E-state index contributed by atoms with van der Waals surface area (Å²) >= 11 is 0. The molecule has 3 rings (SSSR count). The van der Waals surface area contributed by atoms with Crippen molar-refractivity contribution < 1.29 is 19.1 Å². The molecule has 0 aliphatic heterocycles. The van der Waals surface area contributed by atoms with Crippen LogP contribution in [0.15, 0.2) is 71.4 Å². The number of nitrogens with one attached hydrogen (secondary N) is 1. The molecule has 2 aromatic carbocycles. The zero-order valence-electron chi connectivity index (χ0n) is 15.9. The molecule has 0 aliphatic carbocycles. The van der Waals surface area contributed by atoms with Gasteiger partial charge in [0.25, 0.3) is 5.56 Å². The Kier molecular flexibility index (Phi) is 6.03. The molecule has 1 N–H and O–H groups in total. The van der Waals surface area contributed by atoms with E-state index in [1.54, 1.807) is 18.2 Å². The van der Waals surface area contributed by atoms with Gasteiger partial charge in [0.05, 0.1) is 44.1 Å². The first-order valence-electron chi connectivity index (χ1n) is 8.70. The number of aromatic nitrogens is 2. The minimum absolute atomic E-state index is 0.118. The number of fused-ring (bicyclic) bond motifs is 1. The maximum atomic E-state index is 12.9. The number of esters is 2. The lowest BCUT2D eigenvalue weighted by atomic mass is 10.2. The minimum Gasteiger partial charge on any atom is -0.466 e. The Labute approximate surface area is 166 Å². The molecule has 148 valence electrons. The Morgan fingerprint density at radius 3 is 2.55 bits per heavy atom. The highest BCUT2D eigenvalue weighted by atomic mass is 16.5. The smallest absolute Gasteiger partial charge is 0.354 e. The Morgan fingerprint density at radius 2 is 1.86 bits per heavy atom. The molecule has 8 heteroatoms. The van der Waals surface area contributed by atoms with Crippen molar-refractivity contribution in [1.29, 1.82) is 0 Å². The zero-order chi connectivity index (χ0) is 20.8. The molecule has 1 heterocycles. The highest BCUT2D eigenvalue weighted by Gasteiger charge is 2.14. The van der Waals surface area contributed by atoms with E-state index in [1.165, 1.54) is 25.1 Å². The van der Waals surface area contributed by atoms with Crippen LogP contribution in [0, 0.1) is 0 Å². The van der Waals surface area contributed by atoms with Crippen molar-refractivity contribution in [3.8, 4) is 0 Å². The molecule has 0 atom stereocenters. The van der Waals surface area contributed by atoms with Crippen LogP contribution >= 0.6 is 0 Å². The zero-order valence-corrected chi connectivity index (χ0v) is 15.9. The summed E-state index contributed by atoms with van der Waals surface area (Å²) in [5, 5.41) is 3.16. The second-order valence-electron chi connectivity index (χ2n) is 6.09. The summed E-state index contributed by atoms with van der Waals surface area (Å²) < 4.78 is 10.7. The van der Waals surface area contributed by atoms with E-state index in [0.29, 0.717) is 23.1 Å². The van der Waals surface area contributed by atoms with E-state index < -0.39 is 11.9 Å². The number of hydrogen-bond acceptors (Lipinski definition) is 7. The quantitative estimate of drug-likeness (QED) is 0.506. The SMILES string of the molecule is COC(=O)/C=C(/Nc1ccc2ncn(Cc3ccccc3)c(=O)c2c1)C(=O)OC. The van der Waals surface area contributed by atoms with Crippen LogP contribution in [0.3, 0.4) is 0 Å². The normalized spacial score (nSPS) is 11.2. The number of carbonyl (C=O) groups excluding carboxylic acids is 2. The predicted molar refractivity (Wildman–Crippen MR) is 107 cm³/mol. The van der Waals surface area contributed by atoms with E-state index >= 15 is 0 Å². The average molecular weight is 393 g/mol. The van der Waals surface area contributed by atoms with E-state index in [1.807, 2.05) is 30.3 Å². The molecule has 0 fully saturated rings. The number of hydrogen-bond donors (Lipinski definition) is 1. The van der Waals surface area contributed by atoms with Crippen molar-refractivity contribution in [2.75, 3.05) is 19.5 Å². The molecule has 0 spiro atoms. The van der Waals surface area contributed by atoms with E-state index in [0.717, 1.165) is 11.6 Å². The molecule has 1 aromatic heterocycles. The molecule has 3 aromatic rings. The van der Waals surface area contributed by atoms with Crippen LogP contribution in [0.1, 0.15) is 5.56 Å². The molecule has 0 unspecified atom stereocenters. The van der Waals surface area contributed by atoms with Crippen LogP contribution < -0.4 is 10.9 Å². The second-order valence-corrected chi connectivity index (χ2v) is 6.09. The molecule has 0 saturated carbocycles. The number of carbonyl (C=O) groups is 2. The third-order valence-corrected chi connectivity index (χ3v) is 4.17. The van der Waals surface area contributed by atoms with Gasteiger partial charge in [-0.3, -0.25) is 9.36 Å². The third-order valence-electron chi connectivity index (χ3n) is 4.17. The number of anilines is 1. The summed E-state index contributed by atoms with van der Waals surface area (Å²) in [6, 6.07) is 14.4. The summed E-state index contributed by atoms with van der Waals surface area (Å²) in [6.07, 6.45) is 2.48. The van der Waals surface area contributed by atoms with Crippen LogP contribution in [0.2, 0.25) is 0 Å². The van der Waals surface area contributed by atoms with Crippen LogP contribution in [0.5, 0.6) is 0 Å². The minimum atomic E-state index is -0.747. The van der Waals surface area contributed by atoms with Crippen LogP contribution in [0.25, 0.3) is 10.9 Å².